The number of aromatic nitrogens is 1. The number of fused-ring (bicyclic) bond motifs is 1. The van der Waals surface area contributed by atoms with Gasteiger partial charge in [0.25, 0.3) is 0 Å². The first kappa shape index (κ1) is 18.2. The molecule has 0 aliphatic carbocycles. The van der Waals surface area contributed by atoms with Crippen molar-refractivity contribution in [1.82, 2.24) is 4.98 Å². The highest BCUT2D eigenvalue weighted by Crippen LogP contribution is 2.32. The molecule has 26 heavy (non-hydrogen) atoms. The fourth-order valence-electron chi connectivity index (χ4n) is 2.60. The molecule has 6 heteroatoms. The summed E-state index contributed by atoms with van der Waals surface area (Å²) in [5.41, 5.74) is 2.26. The van der Waals surface area contributed by atoms with Gasteiger partial charge in [-0.3, -0.25) is 4.98 Å². The second-order valence-electron chi connectivity index (χ2n) is 5.50. The van der Waals surface area contributed by atoms with Gasteiger partial charge in [-0.1, -0.05) is 41.4 Å². The van der Waals surface area contributed by atoms with E-state index in [1.807, 2.05) is 18.2 Å². The summed E-state index contributed by atoms with van der Waals surface area (Å²) >= 11 is 12.1. The molecule has 4 nitrogen and oxygen atoms in total. The summed E-state index contributed by atoms with van der Waals surface area (Å²) in [6.07, 6.45) is 2.96. The summed E-state index contributed by atoms with van der Waals surface area (Å²) in [6, 6.07) is 12.8. The van der Waals surface area contributed by atoms with E-state index in [1.54, 1.807) is 37.4 Å². The van der Waals surface area contributed by atoms with E-state index in [2.05, 4.69) is 4.98 Å². The highest BCUT2D eigenvalue weighted by Gasteiger charge is 2.13. The molecule has 0 radical (unpaired) electrons. The Labute approximate surface area is 160 Å². The van der Waals surface area contributed by atoms with Crippen LogP contribution < -0.4 is 0 Å². The summed E-state index contributed by atoms with van der Waals surface area (Å²) in [5.74, 6) is -1.31. The number of benzene rings is 2. The molecule has 1 N–H and O–H groups in total. The fraction of sp³-hybridized carbons (Fsp3) is 0.100. The molecule has 0 aliphatic heterocycles. The zero-order valence-electron chi connectivity index (χ0n) is 13.9. The Morgan fingerprint density at radius 3 is 2.50 bits per heavy atom. The van der Waals surface area contributed by atoms with Crippen LogP contribution in [0.15, 0.2) is 54.4 Å². The standard InChI is InChI=1S/C20H15Cl2NO3/c1-2-26-20(25)19(24)10-18-16-9-14(22)7-8-15(16)17(11-23-18)12-3-5-13(21)6-4-12/h3-11,24H,2H2,1H3/b19-10-. The fourth-order valence-corrected chi connectivity index (χ4v) is 2.90. The molecular weight excluding hydrogens is 373 g/mol. The van der Waals surface area contributed by atoms with Gasteiger partial charge in [-0.2, -0.15) is 0 Å². The normalized spacial score (nSPS) is 11.6. The number of esters is 1. The number of halogens is 2. The molecule has 0 bridgehead atoms. The number of pyridine rings is 1. The van der Waals surface area contributed by atoms with E-state index in [9.17, 15) is 9.90 Å². The van der Waals surface area contributed by atoms with Crippen molar-refractivity contribution in [3.05, 3.63) is 70.2 Å². The lowest BCUT2D eigenvalue weighted by atomic mass is 9.99. The van der Waals surface area contributed by atoms with E-state index in [4.69, 9.17) is 27.9 Å². The molecule has 0 aliphatic rings. The molecule has 3 rings (SSSR count). The number of rotatable bonds is 4. The topological polar surface area (TPSA) is 59.4 Å². The third-order valence-electron chi connectivity index (χ3n) is 3.79. The van der Waals surface area contributed by atoms with Crippen molar-refractivity contribution in [2.75, 3.05) is 6.61 Å². The van der Waals surface area contributed by atoms with E-state index in [1.165, 1.54) is 6.08 Å². The maximum Gasteiger partial charge on any atom is 0.373 e. The number of hydrogen-bond donors (Lipinski definition) is 1. The first-order valence-electron chi connectivity index (χ1n) is 7.91. The largest absolute Gasteiger partial charge is 0.502 e. The van der Waals surface area contributed by atoms with Crippen LogP contribution in [0.2, 0.25) is 10.0 Å². The highest BCUT2D eigenvalue weighted by molar-refractivity contribution is 6.31. The van der Waals surface area contributed by atoms with Gasteiger partial charge in [0.05, 0.1) is 12.3 Å². The van der Waals surface area contributed by atoms with E-state index in [-0.39, 0.29) is 6.61 Å². The molecule has 3 aromatic rings. The van der Waals surface area contributed by atoms with Gasteiger partial charge in [0.15, 0.2) is 0 Å². The average Bonchev–Trinajstić information content (AvgIpc) is 2.63. The third kappa shape index (κ3) is 3.82. The number of ether oxygens (including phenoxy) is 1. The van der Waals surface area contributed by atoms with Crippen molar-refractivity contribution < 1.29 is 14.6 Å². The Bertz CT molecular complexity index is 998. The smallest absolute Gasteiger partial charge is 0.373 e. The predicted molar refractivity (Wildman–Crippen MR) is 104 cm³/mol. The van der Waals surface area contributed by atoms with Crippen LogP contribution >= 0.6 is 23.2 Å². The lowest BCUT2D eigenvalue weighted by Crippen LogP contribution is -2.07. The van der Waals surface area contributed by atoms with E-state index >= 15 is 0 Å². The first-order chi connectivity index (χ1) is 12.5. The zero-order valence-corrected chi connectivity index (χ0v) is 15.4. The third-order valence-corrected chi connectivity index (χ3v) is 4.28. The molecule has 1 aromatic heterocycles. The van der Waals surface area contributed by atoms with Crippen molar-refractivity contribution in [2.24, 2.45) is 0 Å². The van der Waals surface area contributed by atoms with E-state index in [0.717, 1.165) is 16.5 Å². The number of hydrogen-bond acceptors (Lipinski definition) is 4. The Morgan fingerprint density at radius 1 is 1.12 bits per heavy atom. The Hall–Kier alpha value is -2.56. The molecule has 0 fully saturated rings. The minimum atomic E-state index is -0.800. The van der Waals surface area contributed by atoms with Crippen LogP contribution in [0.1, 0.15) is 12.6 Å². The summed E-state index contributed by atoms with van der Waals surface area (Å²) in [7, 11) is 0. The number of aliphatic hydroxyl groups excluding tert-OH is 1. The van der Waals surface area contributed by atoms with Crippen molar-refractivity contribution in [1.29, 1.82) is 0 Å². The van der Waals surface area contributed by atoms with Gasteiger partial charge in [0.1, 0.15) is 0 Å². The van der Waals surface area contributed by atoms with Crippen LogP contribution in [0.5, 0.6) is 0 Å². The molecule has 0 saturated carbocycles. The molecule has 0 spiro atoms. The number of carbonyl (C=O) groups excluding carboxylic acids is 1. The van der Waals surface area contributed by atoms with Gasteiger partial charge in [-0.15, -0.1) is 0 Å². The molecule has 0 saturated heterocycles. The van der Waals surface area contributed by atoms with E-state index in [0.29, 0.717) is 21.1 Å². The monoisotopic (exact) mass is 387 g/mol. The summed E-state index contributed by atoms with van der Waals surface area (Å²) in [5, 5.41) is 12.7. The van der Waals surface area contributed by atoms with Gasteiger partial charge in [-0.25, -0.2) is 4.79 Å². The molecule has 0 amide bonds. The second-order valence-corrected chi connectivity index (χ2v) is 6.38. The van der Waals surface area contributed by atoms with Crippen LogP contribution in [0, 0.1) is 0 Å². The van der Waals surface area contributed by atoms with Crippen molar-refractivity contribution in [2.45, 2.75) is 6.92 Å². The highest BCUT2D eigenvalue weighted by atomic mass is 35.5. The van der Waals surface area contributed by atoms with Crippen LogP contribution in [-0.4, -0.2) is 22.7 Å². The Balaban J connectivity index is 2.17. The molecule has 132 valence electrons. The lowest BCUT2D eigenvalue weighted by Gasteiger charge is -2.10. The van der Waals surface area contributed by atoms with Gasteiger partial charge in [-0.05, 0) is 42.1 Å². The first-order valence-corrected chi connectivity index (χ1v) is 8.67. The van der Waals surface area contributed by atoms with Crippen LogP contribution in [-0.2, 0) is 9.53 Å². The SMILES string of the molecule is CCOC(=O)/C(O)=C/c1ncc(-c2ccc(Cl)cc2)c2ccc(Cl)cc12. The quantitative estimate of drug-likeness (QED) is 0.355. The second kappa shape index (κ2) is 7.77. The summed E-state index contributed by atoms with van der Waals surface area (Å²) in [4.78, 5) is 16.1. The van der Waals surface area contributed by atoms with Crippen molar-refractivity contribution in [3.63, 3.8) is 0 Å². The average molecular weight is 388 g/mol. The molecule has 0 unspecified atom stereocenters. The van der Waals surface area contributed by atoms with Crippen molar-refractivity contribution in [3.8, 4) is 11.1 Å². The van der Waals surface area contributed by atoms with Gasteiger partial charge in [0, 0.05) is 33.3 Å². The zero-order chi connectivity index (χ0) is 18.7. The Morgan fingerprint density at radius 2 is 1.81 bits per heavy atom. The maximum absolute atomic E-state index is 11.7. The summed E-state index contributed by atoms with van der Waals surface area (Å²) in [6.45, 7) is 1.84. The van der Waals surface area contributed by atoms with Gasteiger partial charge < -0.3 is 9.84 Å². The minimum absolute atomic E-state index is 0.173. The van der Waals surface area contributed by atoms with Gasteiger partial charge >= 0.3 is 5.97 Å². The van der Waals surface area contributed by atoms with Crippen LogP contribution in [0.25, 0.3) is 28.0 Å². The van der Waals surface area contributed by atoms with Gasteiger partial charge in [0.2, 0.25) is 5.76 Å². The lowest BCUT2D eigenvalue weighted by molar-refractivity contribution is -0.141. The number of carbonyl (C=O) groups is 1. The molecule has 1 heterocycles. The number of aliphatic hydroxyl groups is 1. The predicted octanol–water partition coefficient (Wildman–Crippen LogP) is 5.67. The van der Waals surface area contributed by atoms with Crippen molar-refractivity contribution >= 4 is 46.0 Å². The van der Waals surface area contributed by atoms with E-state index < -0.39 is 11.7 Å². The maximum atomic E-state index is 11.7. The summed E-state index contributed by atoms with van der Waals surface area (Å²) < 4.78 is 4.79. The molecular formula is C20H15Cl2NO3. The molecule has 2 aromatic carbocycles. The Kier molecular flexibility index (Phi) is 5.45. The molecule has 0 atom stereocenters. The number of nitrogens with zero attached hydrogens (tertiary/aromatic N) is 1. The van der Waals surface area contributed by atoms with Crippen LogP contribution in [0.3, 0.4) is 0 Å². The van der Waals surface area contributed by atoms with Crippen LogP contribution in [0.4, 0.5) is 0 Å². The minimum Gasteiger partial charge on any atom is -0.502 e.